The maximum absolute atomic E-state index is 12.9. The summed E-state index contributed by atoms with van der Waals surface area (Å²) in [7, 11) is -1.42. The van der Waals surface area contributed by atoms with E-state index in [-0.39, 0.29) is 23.1 Å². The Labute approximate surface area is 127 Å². The molecule has 0 saturated heterocycles. The molecule has 0 spiro atoms. The predicted molar refractivity (Wildman–Crippen MR) is 75.4 cm³/mol. The highest BCUT2D eigenvalue weighted by Gasteiger charge is 2.52. The minimum atomic E-state index is -1.42. The highest BCUT2D eigenvalue weighted by molar-refractivity contribution is 7.85. The molecule has 20 heavy (non-hydrogen) atoms. The molecule has 0 bridgehead atoms. The van der Waals surface area contributed by atoms with E-state index in [9.17, 15) is 17.8 Å². The number of hydrogen-bond donors (Lipinski definition) is 1. The lowest BCUT2D eigenvalue weighted by Gasteiger charge is -2.06. The summed E-state index contributed by atoms with van der Waals surface area (Å²) in [5.41, 5.74) is -0.0139. The molecule has 110 valence electrons. The van der Waals surface area contributed by atoms with Gasteiger partial charge in [0.15, 0.2) is 0 Å². The Balaban J connectivity index is 1.84. The van der Waals surface area contributed by atoms with E-state index >= 15 is 0 Å². The highest BCUT2D eigenvalue weighted by atomic mass is 35.5. The number of alkyl halides is 2. The summed E-state index contributed by atoms with van der Waals surface area (Å²) in [4.78, 5) is 11.6. The molecule has 1 amide bonds. The molecule has 2 rings (SSSR count). The first-order chi connectivity index (χ1) is 9.26. The van der Waals surface area contributed by atoms with Crippen molar-refractivity contribution >= 4 is 45.6 Å². The number of carbonyl (C=O) groups is 1. The van der Waals surface area contributed by atoms with Crippen LogP contribution >= 0.6 is 23.2 Å². The standard InChI is InChI=1S/C12H11Cl2F2NO2S/c13-12(14)4-7(12)5-20(19)6-11(18)17-10-2-8(15)1-9(16)3-10/h1-3,7H,4-6H2,(H,17,18)/t7-,20-/m0/s1. The summed E-state index contributed by atoms with van der Waals surface area (Å²) in [6.07, 6.45) is 0.554. The summed E-state index contributed by atoms with van der Waals surface area (Å²) in [6.45, 7) is 0. The van der Waals surface area contributed by atoms with Gasteiger partial charge in [-0.05, 0) is 18.6 Å². The van der Waals surface area contributed by atoms with E-state index in [0.29, 0.717) is 12.5 Å². The molecular formula is C12H11Cl2F2NO2S. The van der Waals surface area contributed by atoms with Crippen molar-refractivity contribution in [2.75, 3.05) is 16.8 Å². The molecule has 0 heterocycles. The number of anilines is 1. The lowest BCUT2D eigenvalue weighted by molar-refractivity contribution is -0.113. The molecule has 1 aromatic rings. The third kappa shape index (κ3) is 4.40. The first-order valence-electron chi connectivity index (χ1n) is 5.75. The molecule has 1 N–H and O–H groups in total. The maximum atomic E-state index is 12.9. The van der Waals surface area contributed by atoms with Crippen LogP contribution in [0.25, 0.3) is 0 Å². The van der Waals surface area contributed by atoms with E-state index < -0.39 is 32.7 Å². The van der Waals surface area contributed by atoms with Crippen molar-refractivity contribution in [2.45, 2.75) is 10.8 Å². The van der Waals surface area contributed by atoms with E-state index in [0.717, 1.165) is 12.1 Å². The zero-order valence-electron chi connectivity index (χ0n) is 10.2. The summed E-state index contributed by atoms with van der Waals surface area (Å²) in [6, 6.07) is 2.65. The number of hydrogen-bond acceptors (Lipinski definition) is 2. The predicted octanol–water partition coefficient (Wildman–Crippen LogP) is 2.85. The van der Waals surface area contributed by atoms with Crippen molar-refractivity contribution in [3.63, 3.8) is 0 Å². The third-order valence-corrected chi connectivity index (χ3v) is 5.07. The Bertz CT molecular complexity index is 548. The van der Waals surface area contributed by atoms with Crippen LogP contribution in [-0.4, -0.2) is 26.0 Å². The number of amides is 1. The van der Waals surface area contributed by atoms with Crippen molar-refractivity contribution in [2.24, 2.45) is 5.92 Å². The average Bonchev–Trinajstić information content (AvgIpc) is 2.82. The van der Waals surface area contributed by atoms with E-state index in [4.69, 9.17) is 23.2 Å². The van der Waals surface area contributed by atoms with Crippen LogP contribution in [0.15, 0.2) is 18.2 Å². The zero-order chi connectivity index (χ0) is 14.9. The summed E-state index contributed by atoms with van der Waals surface area (Å²) in [5.74, 6) is -2.28. The lowest BCUT2D eigenvalue weighted by atomic mass is 10.3. The van der Waals surface area contributed by atoms with Gasteiger partial charge >= 0.3 is 0 Å². The minimum absolute atomic E-state index is 0.0139. The van der Waals surface area contributed by atoms with Crippen molar-refractivity contribution < 1.29 is 17.8 Å². The SMILES string of the molecule is O=C(C[S@@](=O)C[C@@H]1CC1(Cl)Cl)Nc1cc(F)cc(F)c1. The Hall–Kier alpha value is -0.720. The van der Waals surface area contributed by atoms with Gasteiger partial charge in [0.1, 0.15) is 21.7 Å². The van der Waals surface area contributed by atoms with Crippen molar-refractivity contribution in [1.29, 1.82) is 0 Å². The number of benzene rings is 1. The molecule has 1 aliphatic carbocycles. The second-order valence-corrected chi connectivity index (χ2v) is 7.66. The Morgan fingerprint density at radius 2 is 1.90 bits per heavy atom. The van der Waals surface area contributed by atoms with Crippen LogP contribution in [0.5, 0.6) is 0 Å². The number of halogens is 4. The topological polar surface area (TPSA) is 46.2 Å². The van der Waals surface area contributed by atoms with Gasteiger partial charge in [0, 0.05) is 34.2 Å². The molecule has 3 nitrogen and oxygen atoms in total. The minimum Gasteiger partial charge on any atom is -0.325 e. The largest absolute Gasteiger partial charge is 0.325 e. The average molecular weight is 342 g/mol. The maximum Gasteiger partial charge on any atom is 0.236 e. The van der Waals surface area contributed by atoms with Crippen molar-refractivity contribution in [3.05, 3.63) is 29.8 Å². The summed E-state index contributed by atoms with van der Waals surface area (Å²) in [5, 5.41) is 2.29. The number of rotatable bonds is 5. The molecule has 1 saturated carbocycles. The van der Waals surface area contributed by atoms with Gasteiger partial charge < -0.3 is 5.32 Å². The smallest absolute Gasteiger partial charge is 0.236 e. The van der Waals surface area contributed by atoms with Crippen LogP contribution in [0.3, 0.4) is 0 Å². The van der Waals surface area contributed by atoms with Gasteiger partial charge in [-0.3, -0.25) is 9.00 Å². The zero-order valence-corrected chi connectivity index (χ0v) is 12.5. The Kier molecular flexibility index (Phi) is 4.66. The third-order valence-electron chi connectivity index (χ3n) is 2.78. The number of carbonyl (C=O) groups excluding carboxylic acids is 1. The Morgan fingerprint density at radius 3 is 2.40 bits per heavy atom. The summed E-state index contributed by atoms with van der Waals surface area (Å²) >= 11 is 11.6. The molecule has 8 heteroatoms. The van der Waals surface area contributed by atoms with Crippen molar-refractivity contribution in [3.8, 4) is 0 Å². The van der Waals surface area contributed by atoms with Gasteiger partial charge in [-0.15, -0.1) is 23.2 Å². The van der Waals surface area contributed by atoms with Gasteiger partial charge in [0.05, 0.1) is 0 Å². The van der Waals surface area contributed by atoms with Crippen LogP contribution < -0.4 is 5.32 Å². The second kappa shape index (κ2) is 5.95. The second-order valence-electron chi connectivity index (χ2n) is 4.62. The van der Waals surface area contributed by atoms with Crippen LogP contribution in [-0.2, 0) is 15.6 Å². The fourth-order valence-electron chi connectivity index (χ4n) is 1.70. The molecule has 1 fully saturated rings. The van der Waals surface area contributed by atoms with Gasteiger partial charge in [0.25, 0.3) is 0 Å². The van der Waals surface area contributed by atoms with Crippen LogP contribution in [0.1, 0.15) is 6.42 Å². The van der Waals surface area contributed by atoms with E-state index in [2.05, 4.69) is 5.32 Å². The van der Waals surface area contributed by atoms with Crippen LogP contribution in [0.4, 0.5) is 14.5 Å². The fraction of sp³-hybridized carbons (Fsp3) is 0.417. The quantitative estimate of drug-likeness (QED) is 0.837. The monoisotopic (exact) mass is 341 g/mol. The fourth-order valence-corrected chi connectivity index (χ4v) is 3.75. The molecule has 1 aromatic carbocycles. The number of nitrogens with one attached hydrogen (secondary N) is 1. The molecule has 1 aliphatic rings. The molecule has 0 radical (unpaired) electrons. The van der Waals surface area contributed by atoms with E-state index in [1.807, 2.05) is 0 Å². The van der Waals surface area contributed by atoms with E-state index in [1.54, 1.807) is 0 Å². The lowest BCUT2D eigenvalue weighted by Crippen LogP contribution is -2.22. The van der Waals surface area contributed by atoms with Gasteiger partial charge in [-0.1, -0.05) is 0 Å². The van der Waals surface area contributed by atoms with Gasteiger partial charge in [-0.25, -0.2) is 8.78 Å². The first kappa shape index (κ1) is 15.7. The van der Waals surface area contributed by atoms with Gasteiger partial charge in [-0.2, -0.15) is 0 Å². The molecule has 0 aromatic heterocycles. The highest BCUT2D eigenvalue weighted by Crippen LogP contribution is 2.53. The van der Waals surface area contributed by atoms with E-state index in [1.165, 1.54) is 0 Å². The Morgan fingerprint density at radius 1 is 1.35 bits per heavy atom. The molecule has 2 atom stereocenters. The molecule has 0 unspecified atom stereocenters. The van der Waals surface area contributed by atoms with Gasteiger partial charge in [0.2, 0.25) is 5.91 Å². The van der Waals surface area contributed by atoms with Crippen molar-refractivity contribution in [1.82, 2.24) is 0 Å². The van der Waals surface area contributed by atoms with Crippen LogP contribution in [0, 0.1) is 17.6 Å². The van der Waals surface area contributed by atoms with Crippen LogP contribution in [0.2, 0.25) is 0 Å². The molecular weight excluding hydrogens is 331 g/mol. The summed E-state index contributed by atoms with van der Waals surface area (Å²) < 4.78 is 36.7. The normalized spacial score (nSPS) is 21.3. The first-order valence-corrected chi connectivity index (χ1v) is 7.99. The molecule has 0 aliphatic heterocycles.